The Labute approximate surface area is 142 Å². The highest BCUT2D eigenvalue weighted by Crippen LogP contribution is 2.41. The lowest BCUT2D eigenvalue weighted by molar-refractivity contribution is 0.628. The Morgan fingerprint density at radius 1 is 1.22 bits per heavy atom. The summed E-state index contributed by atoms with van der Waals surface area (Å²) in [6.07, 6.45) is 5.56. The number of halogens is 3. The van der Waals surface area contributed by atoms with Crippen LogP contribution in [-0.4, -0.2) is 20.9 Å². The van der Waals surface area contributed by atoms with Crippen molar-refractivity contribution >= 4 is 34.8 Å². The topological polar surface area (TPSA) is 33.4 Å². The van der Waals surface area contributed by atoms with Crippen LogP contribution in [-0.2, 0) is 0 Å². The summed E-state index contributed by atoms with van der Waals surface area (Å²) < 4.78 is 15.3. The van der Waals surface area contributed by atoms with Gasteiger partial charge in [-0.15, -0.1) is 0 Å². The van der Waals surface area contributed by atoms with E-state index < -0.39 is 0 Å². The molecule has 0 spiro atoms. The van der Waals surface area contributed by atoms with Crippen LogP contribution in [0.2, 0.25) is 10.2 Å². The quantitative estimate of drug-likeness (QED) is 0.633. The van der Waals surface area contributed by atoms with Gasteiger partial charge in [0.2, 0.25) is 5.78 Å². The number of hydrogen-bond acceptors (Lipinski definition) is 3. The molecule has 23 heavy (non-hydrogen) atoms. The van der Waals surface area contributed by atoms with Gasteiger partial charge < -0.3 is 4.90 Å². The maximum Gasteiger partial charge on any atom is 0.236 e. The number of anilines is 1. The van der Waals surface area contributed by atoms with E-state index in [1.165, 1.54) is 12.1 Å². The zero-order valence-electron chi connectivity index (χ0n) is 12.0. The Morgan fingerprint density at radius 3 is 2.83 bits per heavy atom. The fourth-order valence-electron chi connectivity index (χ4n) is 2.90. The van der Waals surface area contributed by atoms with E-state index in [1.54, 1.807) is 12.3 Å². The molecule has 0 atom stereocenters. The molecule has 1 saturated heterocycles. The lowest BCUT2D eigenvalue weighted by Gasteiger charge is -2.23. The van der Waals surface area contributed by atoms with E-state index in [1.807, 2.05) is 10.6 Å². The number of imidazole rings is 1. The van der Waals surface area contributed by atoms with Crippen LogP contribution in [0, 0.1) is 12.4 Å². The van der Waals surface area contributed by atoms with Gasteiger partial charge in [0.1, 0.15) is 16.8 Å². The zero-order chi connectivity index (χ0) is 16.0. The van der Waals surface area contributed by atoms with Gasteiger partial charge in [-0.3, -0.25) is 4.40 Å². The predicted octanol–water partition coefficient (Wildman–Crippen LogP) is 4.60. The summed E-state index contributed by atoms with van der Waals surface area (Å²) >= 11 is 12.7. The van der Waals surface area contributed by atoms with Gasteiger partial charge in [0.05, 0.1) is 17.1 Å². The fourth-order valence-corrected chi connectivity index (χ4v) is 3.42. The number of aromatic nitrogens is 3. The molecule has 4 nitrogen and oxygen atoms in total. The van der Waals surface area contributed by atoms with Gasteiger partial charge in [0.25, 0.3) is 0 Å². The molecule has 1 radical (unpaired) electrons. The molecule has 1 fully saturated rings. The smallest absolute Gasteiger partial charge is 0.236 e. The molecule has 0 bridgehead atoms. The van der Waals surface area contributed by atoms with Gasteiger partial charge >= 0.3 is 0 Å². The summed E-state index contributed by atoms with van der Waals surface area (Å²) in [4.78, 5) is 10.7. The van der Waals surface area contributed by atoms with Gasteiger partial charge in [-0.1, -0.05) is 23.2 Å². The van der Waals surface area contributed by atoms with Crippen LogP contribution in [0.4, 0.5) is 10.2 Å². The third-order valence-corrected chi connectivity index (χ3v) is 4.49. The molecule has 0 aliphatic carbocycles. The Balaban J connectivity index is 2.04. The standard InChI is InChI=1S/C16H12Cl2FN4/c17-12-9-10(19)3-4-11(12)13-14(18)21-16-20-5-8-23(16)15(13)22-6-1-2-7-22/h3-6,8-9H,1-2,7H2. The molecule has 1 aliphatic heterocycles. The zero-order valence-corrected chi connectivity index (χ0v) is 13.5. The van der Waals surface area contributed by atoms with E-state index in [0.29, 0.717) is 27.1 Å². The molecule has 3 aromatic rings. The molecule has 0 amide bonds. The number of hydrogen-bond donors (Lipinski definition) is 0. The lowest BCUT2D eigenvalue weighted by atomic mass is 10.1. The minimum atomic E-state index is -0.388. The van der Waals surface area contributed by atoms with E-state index >= 15 is 0 Å². The molecular weight excluding hydrogens is 338 g/mol. The maximum atomic E-state index is 13.4. The minimum absolute atomic E-state index is 0.299. The highest BCUT2D eigenvalue weighted by Gasteiger charge is 2.25. The van der Waals surface area contributed by atoms with Gasteiger partial charge in [0.15, 0.2) is 0 Å². The van der Waals surface area contributed by atoms with Crippen molar-refractivity contribution in [2.75, 3.05) is 11.4 Å². The van der Waals surface area contributed by atoms with Crippen LogP contribution in [0.1, 0.15) is 12.8 Å². The molecular formula is C16H12Cl2FN4. The molecule has 1 aliphatic rings. The third-order valence-electron chi connectivity index (χ3n) is 3.90. The minimum Gasteiger partial charge on any atom is -0.352 e. The van der Waals surface area contributed by atoms with Crippen LogP contribution in [0.15, 0.2) is 30.6 Å². The van der Waals surface area contributed by atoms with Crippen LogP contribution >= 0.6 is 23.2 Å². The molecule has 3 heterocycles. The Morgan fingerprint density at radius 2 is 2.09 bits per heavy atom. The molecule has 117 valence electrons. The molecule has 7 heteroatoms. The largest absolute Gasteiger partial charge is 0.352 e. The number of nitrogens with zero attached hydrogens (tertiary/aromatic N) is 4. The predicted molar refractivity (Wildman–Crippen MR) is 89.3 cm³/mol. The number of benzene rings is 1. The lowest BCUT2D eigenvalue weighted by Crippen LogP contribution is -2.19. The Kier molecular flexibility index (Phi) is 3.62. The van der Waals surface area contributed by atoms with Gasteiger partial charge in [-0.05, 0) is 31.0 Å². The first kappa shape index (κ1) is 14.7. The van der Waals surface area contributed by atoms with Crippen molar-refractivity contribution in [2.45, 2.75) is 12.8 Å². The second-order valence-corrected chi connectivity index (χ2v) is 6.11. The average molecular weight is 350 g/mol. The molecule has 0 unspecified atom stereocenters. The molecule has 4 rings (SSSR count). The monoisotopic (exact) mass is 349 g/mol. The van der Waals surface area contributed by atoms with Crippen molar-refractivity contribution in [1.29, 1.82) is 0 Å². The van der Waals surface area contributed by atoms with Crippen LogP contribution in [0.3, 0.4) is 0 Å². The summed E-state index contributed by atoms with van der Waals surface area (Å²) in [5.41, 5.74) is 1.33. The van der Waals surface area contributed by atoms with Crippen LogP contribution in [0.5, 0.6) is 0 Å². The van der Waals surface area contributed by atoms with E-state index in [-0.39, 0.29) is 5.82 Å². The summed E-state index contributed by atoms with van der Waals surface area (Å²) in [5, 5.41) is 0.598. The number of fused-ring (bicyclic) bond motifs is 1. The molecule has 0 N–H and O–H groups in total. The van der Waals surface area contributed by atoms with Gasteiger partial charge in [0, 0.05) is 24.5 Å². The highest BCUT2D eigenvalue weighted by atomic mass is 35.5. The van der Waals surface area contributed by atoms with Crippen molar-refractivity contribution in [1.82, 2.24) is 14.4 Å². The van der Waals surface area contributed by atoms with Crippen molar-refractivity contribution in [3.05, 3.63) is 53.1 Å². The fraction of sp³-hybridized carbons (Fsp3) is 0.188. The summed E-state index contributed by atoms with van der Waals surface area (Å²) in [6, 6.07) is 4.28. The SMILES string of the molecule is Fc1ccc(-c2c(Cl)nc3nccn3c2N2[CH]CCC2)c(Cl)c1. The van der Waals surface area contributed by atoms with Crippen LogP contribution in [0.25, 0.3) is 16.9 Å². The molecule has 1 aromatic carbocycles. The molecule has 2 aromatic heterocycles. The first-order valence-corrected chi connectivity index (χ1v) is 7.98. The molecule has 0 saturated carbocycles. The van der Waals surface area contributed by atoms with Crippen molar-refractivity contribution in [2.24, 2.45) is 0 Å². The van der Waals surface area contributed by atoms with E-state index in [4.69, 9.17) is 23.2 Å². The summed E-state index contributed by atoms with van der Waals surface area (Å²) in [5.74, 6) is 0.983. The van der Waals surface area contributed by atoms with Crippen LogP contribution < -0.4 is 4.90 Å². The Hall–Kier alpha value is -1.85. The van der Waals surface area contributed by atoms with Crippen molar-refractivity contribution in [3.8, 4) is 11.1 Å². The van der Waals surface area contributed by atoms with E-state index in [0.717, 1.165) is 25.2 Å². The van der Waals surface area contributed by atoms with Gasteiger partial charge in [-0.25, -0.2) is 9.37 Å². The second kappa shape index (κ2) is 5.65. The average Bonchev–Trinajstić information content (AvgIpc) is 3.17. The first-order chi connectivity index (χ1) is 11.1. The maximum absolute atomic E-state index is 13.4. The normalized spacial score (nSPS) is 14.8. The first-order valence-electron chi connectivity index (χ1n) is 7.23. The summed E-state index contributed by atoms with van der Waals surface area (Å²) in [7, 11) is 0. The number of rotatable bonds is 2. The highest BCUT2D eigenvalue weighted by molar-refractivity contribution is 6.36. The second-order valence-electron chi connectivity index (χ2n) is 5.34. The van der Waals surface area contributed by atoms with E-state index in [2.05, 4.69) is 21.4 Å². The summed E-state index contributed by atoms with van der Waals surface area (Å²) in [6.45, 7) is 2.99. The Bertz CT molecular complexity index is 887. The van der Waals surface area contributed by atoms with Crippen molar-refractivity contribution in [3.63, 3.8) is 0 Å². The van der Waals surface area contributed by atoms with Crippen molar-refractivity contribution < 1.29 is 4.39 Å². The van der Waals surface area contributed by atoms with Gasteiger partial charge in [-0.2, -0.15) is 4.98 Å². The van der Waals surface area contributed by atoms with E-state index in [9.17, 15) is 4.39 Å². The third kappa shape index (κ3) is 2.44.